The third-order valence-corrected chi connectivity index (χ3v) is 4.98. The van der Waals surface area contributed by atoms with Crippen LogP contribution in [0.15, 0.2) is 54.6 Å². The number of rotatable bonds is 1. The molecule has 1 spiro atoms. The minimum atomic E-state index is -1.50. The average Bonchev–Trinajstić information content (AvgIpc) is 2.95. The van der Waals surface area contributed by atoms with Crippen LogP contribution in [0.1, 0.15) is 27.0 Å². The fourth-order valence-corrected chi connectivity index (χ4v) is 3.88. The monoisotopic (exact) mass is 377 g/mol. The maximum absolute atomic E-state index is 12.8. The van der Waals surface area contributed by atoms with E-state index in [4.69, 9.17) is 9.47 Å². The summed E-state index contributed by atoms with van der Waals surface area (Å²) in [4.78, 5) is 23.6. The predicted octanol–water partition coefficient (Wildman–Crippen LogP) is 3.57. The zero-order valence-electron chi connectivity index (χ0n) is 14.1. The molecular formula is C20H11NO7. The van der Waals surface area contributed by atoms with Crippen molar-refractivity contribution in [2.75, 3.05) is 0 Å². The van der Waals surface area contributed by atoms with Gasteiger partial charge in [0.05, 0.1) is 4.92 Å². The third kappa shape index (κ3) is 1.91. The van der Waals surface area contributed by atoms with Gasteiger partial charge in [0.15, 0.2) is 5.60 Å². The summed E-state index contributed by atoms with van der Waals surface area (Å²) in [5.41, 5.74) is -0.858. The van der Waals surface area contributed by atoms with Crippen LogP contribution in [0.3, 0.4) is 0 Å². The molecule has 0 saturated carbocycles. The first-order valence-corrected chi connectivity index (χ1v) is 8.28. The fraction of sp³-hybridized carbons (Fsp3) is 0.0500. The van der Waals surface area contributed by atoms with Crippen molar-refractivity contribution in [3.8, 4) is 23.0 Å². The second kappa shape index (κ2) is 5.23. The van der Waals surface area contributed by atoms with E-state index in [1.807, 2.05) is 0 Å². The molecule has 0 bridgehead atoms. The number of phenols is 2. The van der Waals surface area contributed by atoms with Gasteiger partial charge in [-0.3, -0.25) is 10.1 Å². The lowest BCUT2D eigenvalue weighted by molar-refractivity contribution is -0.385. The summed E-state index contributed by atoms with van der Waals surface area (Å²) in [6.45, 7) is 0. The first kappa shape index (κ1) is 16.1. The van der Waals surface area contributed by atoms with E-state index in [2.05, 4.69) is 0 Å². The summed E-state index contributed by atoms with van der Waals surface area (Å²) >= 11 is 0. The van der Waals surface area contributed by atoms with Gasteiger partial charge in [-0.05, 0) is 24.3 Å². The van der Waals surface area contributed by atoms with E-state index in [1.165, 1.54) is 36.4 Å². The highest BCUT2D eigenvalue weighted by Gasteiger charge is 2.55. The number of nitro benzene ring substituents is 1. The van der Waals surface area contributed by atoms with E-state index in [0.29, 0.717) is 16.7 Å². The topological polar surface area (TPSA) is 119 Å². The molecule has 2 heterocycles. The Morgan fingerprint density at radius 1 is 0.893 bits per heavy atom. The molecule has 0 radical (unpaired) electrons. The molecule has 0 fully saturated rings. The van der Waals surface area contributed by atoms with E-state index in [-0.39, 0.29) is 34.2 Å². The summed E-state index contributed by atoms with van der Waals surface area (Å²) in [6, 6.07) is 12.9. The Hall–Kier alpha value is -4.07. The van der Waals surface area contributed by atoms with Gasteiger partial charge in [-0.25, -0.2) is 4.79 Å². The van der Waals surface area contributed by atoms with Crippen molar-refractivity contribution in [3.63, 3.8) is 0 Å². The van der Waals surface area contributed by atoms with E-state index in [0.717, 1.165) is 0 Å². The number of carbonyl (C=O) groups is 1. The van der Waals surface area contributed by atoms with Crippen molar-refractivity contribution in [1.29, 1.82) is 0 Å². The number of phenolic OH excluding ortho intramolecular Hbond substituents is 2. The summed E-state index contributed by atoms with van der Waals surface area (Å²) < 4.78 is 11.6. The Morgan fingerprint density at radius 2 is 1.50 bits per heavy atom. The van der Waals surface area contributed by atoms with Gasteiger partial charge >= 0.3 is 5.97 Å². The highest BCUT2D eigenvalue weighted by atomic mass is 16.6. The molecule has 0 unspecified atom stereocenters. The van der Waals surface area contributed by atoms with E-state index in [9.17, 15) is 25.1 Å². The lowest BCUT2D eigenvalue weighted by Gasteiger charge is -2.36. The number of aromatic hydroxyl groups is 2. The van der Waals surface area contributed by atoms with Gasteiger partial charge in [-0.2, -0.15) is 0 Å². The Labute approximate surface area is 157 Å². The number of carbonyl (C=O) groups excluding carboxylic acids is 1. The first-order valence-electron chi connectivity index (χ1n) is 8.28. The number of fused-ring (bicyclic) bond motifs is 6. The number of hydrogen-bond donors (Lipinski definition) is 2. The van der Waals surface area contributed by atoms with Crippen molar-refractivity contribution < 1.29 is 29.4 Å². The van der Waals surface area contributed by atoms with Gasteiger partial charge in [-0.15, -0.1) is 0 Å². The highest BCUT2D eigenvalue weighted by Crippen LogP contribution is 2.57. The molecule has 5 rings (SSSR count). The molecule has 8 heteroatoms. The second-order valence-corrected chi connectivity index (χ2v) is 6.49. The standard InChI is InChI=1S/C20H11NO7/c22-10-4-6-12-16(8-10)27-17-9-11(23)5-7-13(17)20(12)14-2-1-3-15(21(25)26)18(14)19(24)28-20/h1-9,22-23H. The minimum absolute atomic E-state index is 0.0684. The number of esters is 1. The number of ether oxygens (including phenoxy) is 2. The third-order valence-electron chi connectivity index (χ3n) is 4.98. The molecular weight excluding hydrogens is 366 g/mol. The number of hydrogen-bond acceptors (Lipinski definition) is 7. The fourth-order valence-electron chi connectivity index (χ4n) is 3.88. The van der Waals surface area contributed by atoms with E-state index >= 15 is 0 Å². The molecule has 2 N–H and O–H groups in total. The SMILES string of the molecule is O=C1OC2(c3ccc(O)cc3Oc3cc(O)ccc32)c2cccc([N+](=O)[O-])c21. The van der Waals surface area contributed by atoms with Crippen LogP contribution in [-0.2, 0) is 10.3 Å². The summed E-state index contributed by atoms with van der Waals surface area (Å²) in [5, 5.41) is 31.2. The van der Waals surface area contributed by atoms with Crippen molar-refractivity contribution >= 4 is 11.7 Å². The van der Waals surface area contributed by atoms with E-state index < -0.39 is 16.5 Å². The summed E-state index contributed by atoms with van der Waals surface area (Å²) in [6.07, 6.45) is 0. The Bertz CT molecular complexity index is 1150. The van der Waals surface area contributed by atoms with Crippen LogP contribution in [0.2, 0.25) is 0 Å². The van der Waals surface area contributed by atoms with Crippen molar-refractivity contribution in [2.45, 2.75) is 5.60 Å². The molecule has 8 nitrogen and oxygen atoms in total. The highest BCUT2D eigenvalue weighted by molar-refractivity contribution is 6.00. The number of benzene rings is 3. The zero-order valence-corrected chi connectivity index (χ0v) is 14.1. The lowest BCUT2D eigenvalue weighted by Crippen LogP contribution is -2.32. The van der Waals surface area contributed by atoms with Crippen LogP contribution in [0.5, 0.6) is 23.0 Å². The molecule has 2 aliphatic heterocycles. The first-order chi connectivity index (χ1) is 13.4. The Kier molecular flexibility index (Phi) is 3.01. The summed E-state index contributed by atoms with van der Waals surface area (Å²) in [5.74, 6) is -0.542. The largest absolute Gasteiger partial charge is 0.508 e. The van der Waals surface area contributed by atoms with Crippen LogP contribution in [0.25, 0.3) is 0 Å². The average molecular weight is 377 g/mol. The van der Waals surface area contributed by atoms with Crippen LogP contribution in [-0.4, -0.2) is 21.1 Å². The smallest absolute Gasteiger partial charge is 0.347 e. The van der Waals surface area contributed by atoms with Crippen LogP contribution < -0.4 is 4.74 Å². The van der Waals surface area contributed by atoms with Crippen LogP contribution >= 0.6 is 0 Å². The molecule has 0 aromatic heterocycles. The quantitative estimate of drug-likeness (QED) is 0.378. The van der Waals surface area contributed by atoms with E-state index in [1.54, 1.807) is 18.2 Å². The predicted molar refractivity (Wildman–Crippen MR) is 94.7 cm³/mol. The summed E-state index contributed by atoms with van der Waals surface area (Å²) in [7, 11) is 0. The maximum atomic E-state index is 12.8. The van der Waals surface area contributed by atoms with Crippen molar-refractivity contribution in [2.24, 2.45) is 0 Å². The zero-order chi connectivity index (χ0) is 19.6. The van der Waals surface area contributed by atoms with Crippen LogP contribution in [0.4, 0.5) is 5.69 Å². The molecule has 138 valence electrons. The maximum Gasteiger partial charge on any atom is 0.347 e. The molecule has 0 atom stereocenters. The molecule has 0 saturated heterocycles. The van der Waals surface area contributed by atoms with Gasteiger partial charge in [0.25, 0.3) is 5.69 Å². The number of nitro groups is 1. The van der Waals surface area contributed by atoms with Crippen molar-refractivity contribution in [1.82, 2.24) is 0 Å². The van der Waals surface area contributed by atoms with Gasteiger partial charge in [-0.1, -0.05) is 12.1 Å². The molecule has 2 aliphatic rings. The molecule has 3 aromatic carbocycles. The normalized spacial score (nSPS) is 15.2. The second-order valence-electron chi connectivity index (χ2n) is 6.49. The molecule has 28 heavy (non-hydrogen) atoms. The lowest BCUT2D eigenvalue weighted by atomic mass is 9.77. The van der Waals surface area contributed by atoms with Crippen molar-refractivity contribution in [3.05, 3.63) is 87.0 Å². The van der Waals surface area contributed by atoms with Gasteiger partial charge in [0.1, 0.15) is 28.6 Å². The molecule has 0 amide bonds. The van der Waals surface area contributed by atoms with Gasteiger partial charge in [0.2, 0.25) is 0 Å². The Balaban J connectivity index is 1.91. The van der Waals surface area contributed by atoms with Gasteiger partial charge in [0, 0.05) is 34.9 Å². The van der Waals surface area contributed by atoms with Gasteiger partial charge < -0.3 is 19.7 Å². The number of nitrogens with zero attached hydrogens (tertiary/aromatic N) is 1. The molecule has 3 aromatic rings. The Morgan fingerprint density at radius 3 is 2.07 bits per heavy atom. The molecule has 0 aliphatic carbocycles. The van der Waals surface area contributed by atoms with Crippen LogP contribution in [0, 0.1) is 10.1 Å². The minimum Gasteiger partial charge on any atom is -0.508 e.